The maximum absolute atomic E-state index is 2.35. The van der Waals surface area contributed by atoms with Crippen LogP contribution in [0, 0.1) is 0 Å². The Morgan fingerprint density at radius 3 is 1.71 bits per heavy atom. The molecular weight excluding hydrogens is 335 g/mol. The van der Waals surface area contributed by atoms with Gasteiger partial charge in [0.2, 0.25) is 6.71 Å². The molecule has 0 aromatic heterocycles. The van der Waals surface area contributed by atoms with Crippen molar-refractivity contribution in [2.45, 2.75) is 19.3 Å². The van der Waals surface area contributed by atoms with E-state index in [4.69, 9.17) is 0 Å². The molecule has 0 radical (unpaired) electrons. The minimum Gasteiger partial charge on any atom is -0.0686 e. The van der Waals surface area contributed by atoms with Crippen molar-refractivity contribution in [2.24, 2.45) is 0 Å². The van der Waals surface area contributed by atoms with Gasteiger partial charge < -0.3 is 0 Å². The van der Waals surface area contributed by atoms with E-state index in [0.717, 1.165) is 0 Å². The summed E-state index contributed by atoms with van der Waals surface area (Å²) in [6, 6.07) is 37.6. The van der Waals surface area contributed by atoms with Crippen molar-refractivity contribution in [3.63, 3.8) is 0 Å². The van der Waals surface area contributed by atoms with Gasteiger partial charge in [-0.1, -0.05) is 133 Å². The van der Waals surface area contributed by atoms with Crippen LogP contribution in [0.3, 0.4) is 0 Å². The summed E-state index contributed by atoms with van der Waals surface area (Å²) in [5.41, 5.74) is 9.76. The van der Waals surface area contributed by atoms with Crippen molar-refractivity contribution in [3.05, 3.63) is 114 Å². The summed E-state index contributed by atoms with van der Waals surface area (Å²) in [5, 5.41) is 0. The quantitative estimate of drug-likeness (QED) is 0.473. The van der Waals surface area contributed by atoms with E-state index in [1.165, 1.54) is 38.6 Å². The number of hydrogen-bond donors (Lipinski definition) is 0. The van der Waals surface area contributed by atoms with Crippen LogP contribution in [0.1, 0.15) is 25.0 Å². The lowest BCUT2D eigenvalue weighted by atomic mass is 9.36. The lowest BCUT2D eigenvalue weighted by Crippen LogP contribution is -2.52. The van der Waals surface area contributed by atoms with Gasteiger partial charge in [-0.2, -0.15) is 0 Å². The summed E-state index contributed by atoms with van der Waals surface area (Å²) in [6.45, 7) is 4.92. The minimum atomic E-state index is 0.0276. The summed E-state index contributed by atoms with van der Waals surface area (Å²) >= 11 is 0. The molecule has 0 bridgehead atoms. The number of benzene rings is 4. The molecular formula is C27H23B. The second-order valence-corrected chi connectivity index (χ2v) is 8.19. The highest BCUT2D eigenvalue weighted by molar-refractivity contribution is 6.96. The van der Waals surface area contributed by atoms with Gasteiger partial charge in [0.1, 0.15) is 0 Å². The second-order valence-electron chi connectivity index (χ2n) is 8.19. The zero-order valence-corrected chi connectivity index (χ0v) is 16.4. The van der Waals surface area contributed by atoms with Gasteiger partial charge in [0.25, 0.3) is 0 Å². The van der Waals surface area contributed by atoms with Gasteiger partial charge in [-0.05, 0) is 22.3 Å². The Morgan fingerprint density at radius 1 is 0.536 bits per heavy atom. The fourth-order valence-corrected chi connectivity index (χ4v) is 4.87. The van der Waals surface area contributed by atoms with Crippen molar-refractivity contribution in [2.75, 3.05) is 0 Å². The molecule has 4 aromatic rings. The molecule has 0 heterocycles. The molecule has 0 amide bonds. The maximum Gasteiger partial charge on any atom is 0.242 e. The van der Waals surface area contributed by atoms with Crippen molar-refractivity contribution in [1.82, 2.24) is 0 Å². The number of fused-ring (bicyclic) bond motifs is 3. The van der Waals surface area contributed by atoms with Gasteiger partial charge >= 0.3 is 0 Å². The molecule has 0 saturated carbocycles. The fraction of sp³-hybridized carbons (Fsp3) is 0.111. The molecule has 1 aliphatic rings. The highest BCUT2D eigenvalue weighted by Crippen LogP contribution is 2.47. The van der Waals surface area contributed by atoms with Crippen molar-refractivity contribution in [3.8, 4) is 11.1 Å². The summed E-state index contributed by atoms with van der Waals surface area (Å²) in [7, 11) is 0. The van der Waals surface area contributed by atoms with E-state index in [9.17, 15) is 0 Å². The molecule has 28 heavy (non-hydrogen) atoms. The molecule has 4 aromatic carbocycles. The van der Waals surface area contributed by atoms with Crippen LogP contribution >= 0.6 is 0 Å². The predicted molar refractivity (Wildman–Crippen MR) is 122 cm³/mol. The molecule has 0 saturated heterocycles. The first kappa shape index (κ1) is 17.1. The van der Waals surface area contributed by atoms with Crippen LogP contribution in [0.4, 0.5) is 0 Å². The van der Waals surface area contributed by atoms with Crippen LogP contribution in [-0.2, 0) is 5.41 Å². The normalized spacial score (nSPS) is 13.6. The second kappa shape index (κ2) is 6.53. The van der Waals surface area contributed by atoms with Crippen molar-refractivity contribution in [1.29, 1.82) is 0 Å². The van der Waals surface area contributed by atoms with Crippen LogP contribution in [-0.4, -0.2) is 6.71 Å². The third-order valence-electron chi connectivity index (χ3n) is 6.22. The van der Waals surface area contributed by atoms with Crippen LogP contribution in [0.5, 0.6) is 0 Å². The van der Waals surface area contributed by atoms with Crippen molar-refractivity contribution >= 4 is 23.1 Å². The Morgan fingerprint density at radius 2 is 1.07 bits per heavy atom. The Balaban J connectivity index is 1.82. The Labute approximate surface area is 168 Å². The summed E-state index contributed by atoms with van der Waals surface area (Å²) < 4.78 is 0. The lowest BCUT2D eigenvalue weighted by molar-refractivity contribution is 0.660. The van der Waals surface area contributed by atoms with E-state index in [0.29, 0.717) is 0 Å². The molecule has 5 rings (SSSR count). The van der Waals surface area contributed by atoms with Gasteiger partial charge in [0.15, 0.2) is 0 Å². The van der Waals surface area contributed by atoms with E-state index >= 15 is 0 Å². The molecule has 0 nitrogen and oxygen atoms in total. The highest BCUT2D eigenvalue weighted by atomic mass is 14.4. The first-order valence-electron chi connectivity index (χ1n) is 10.0. The van der Waals surface area contributed by atoms with E-state index in [-0.39, 0.29) is 12.1 Å². The third-order valence-corrected chi connectivity index (χ3v) is 6.22. The summed E-state index contributed by atoms with van der Waals surface area (Å²) in [4.78, 5) is 0. The van der Waals surface area contributed by atoms with Gasteiger partial charge in [-0.15, -0.1) is 0 Å². The average Bonchev–Trinajstić information content (AvgIpc) is 2.98. The van der Waals surface area contributed by atoms with E-state index < -0.39 is 0 Å². The van der Waals surface area contributed by atoms with Gasteiger partial charge in [-0.25, -0.2) is 0 Å². The van der Waals surface area contributed by atoms with Crippen molar-refractivity contribution < 1.29 is 0 Å². The van der Waals surface area contributed by atoms with Crippen LogP contribution < -0.4 is 16.4 Å². The van der Waals surface area contributed by atoms with Gasteiger partial charge in [-0.3, -0.25) is 0 Å². The average molecular weight is 358 g/mol. The lowest BCUT2D eigenvalue weighted by Gasteiger charge is -2.23. The molecule has 1 heteroatoms. The molecule has 0 spiro atoms. The monoisotopic (exact) mass is 358 g/mol. The molecule has 134 valence electrons. The first-order valence-corrected chi connectivity index (χ1v) is 10.0. The molecule has 0 unspecified atom stereocenters. The van der Waals surface area contributed by atoms with E-state index in [1.807, 2.05) is 0 Å². The third kappa shape index (κ3) is 2.54. The van der Waals surface area contributed by atoms with Crippen LogP contribution in [0.25, 0.3) is 11.1 Å². The molecule has 0 fully saturated rings. The maximum atomic E-state index is 2.35. The number of rotatable bonds is 3. The van der Waals surface area contributed by atoms with E-state index in [1.54, 1.807) is 0 Å². The number of hydrogen-bond acceptors (Lipinski definition) is 0. The largest absolute Gasteiger partial charge is 0.242 e. The topological polar surface area (TPSA) is 0 Å². The molecule has 0 atom stereocenters. The Kier molecular flexibility index (Phi) is 3.98. The highest BCUT2D eigenvalue weighted by Gasteiger charge is 2.38. The molecule has 0 N–H and O–H groups in total. The smallest absolute Gasteiger partial charge is 0.0686 e. The standard InChI is InChI=1S/C27H23B/c1-27(2)23-17-10-9-16-22(23)26-24(27)18-11-19-25(26)28(20-12-5-3-6-13-20)21-14-7-4-8-15-21/h3-19H,1-2H3. The summed E-state index contributed by atoms with van der Waals surface area (Å²) in [6.07, 6.45) is 0. The van der Waals surface area contributed by atoms with Gasteiger partial charge in [0, 0.05) is 5.41 Å². The predicted octanol–water partition coefficient (Wildman–Crippen LogP) is 4.51. The molecule has 0 aliphatic heterocycles. The molecule has 1 aliphatic carbocycles. The van der Waals surface area contributed by atoms with E-state index in [2.05, 4.69) is 117 Å². The SMILES string of the molecule is CC1(C)c2ccccc2-c2c(B(c3ccccc3)c3ccccc3)cccc21. The fourth-order valence-electron chi connectivity index (χ4n) is 4.87. The minimum absolute atomic E-state index is 0.0276. The van der Waals surface area contributed by atoms with Crippen LogP contribution in [0.15, 0.2) is 103 Å². The summed E-state index contributed by atoms with van der Waals surface area (Å²) in [5.74, 6) is 0. The Hall–Kier alpha value is -3.06. The first-order chi connectivity index (χ1) is 13.7. The van der Waals surface area contributed by atoms with Gasteiger partial charge in [0.05, 0.1) is 0 Å². The zero-order chi connectivity index (χ0) is 19.1. The Bertz CT molecular complexity index is 1090. The zero-order valence-electron chi connectivity index (χ0n) is 16.4. The van der Waals surface area contributed by atoms with Crippen LogP contribution in [0.2, 0.25) is 0 Å².